The Bertz CT molecular complexity index is 735. The lowest BCUT2D eigenvalue weighted by atomic mass is 9.98. The van der Waals surface area contributed by atoms with Gasteiger partial charge >= 0.3 is 0 Å². The minimum atomic E-state index is -3.59. The number of hydrogen-bond donors (Lipinski definition) is 1. The first-order chi connectivity index (χ1) is 12.2. The van der Waals surface area contributed by atoms with Crippen LogP contribution in [0.2, 0.25) is 0 Å². The summed E-state index contributed by atoms with van der Waals surface area (Å²) in [5.41, 5.74) is 2.59. The van der Waals surface area contributed by atoms with Crippen molar-refractivity contribution < 1.29 is 13.2 Å². The van der Waals surface area contributed by atoms with E-state index in [1.165, 1.54) is 4.31 Å². The standard InChI is InChI=1S/C20H32N2O3S/c1-6-8-17(5)21-20(23)18-9-7-10-22(13-18)26(24,25)19-15(3)11-14(2)12-16(19)4/h11-12,17-18H,6-10,13H2,1-5H3,(H,21,23)/t17-,18+/m0/s1. The van der Waals surface area contributed by atoms with Gasteiger partial charge in [-0.3, -0.25) is 4.79 Å². The number of benzene rings is 1. The largest absolute Gasteiger partial charge is 0.353 e. The van der Waals surface area contributed by atoms with Crippen LogP contribution >= 0.6 is 0 Å². The lowest BCUT2D eigenvalue weighted by molar-refractivity contribution is -0.126. The van der Waals surface area contributed by atoms with Crippen LogP contribution in [0.1, 0.15) is 56.2 Å². The molecule has 2 rings (SSSR count). The molecule has 1 aromatic carbocycles. The van der Waals surface area contributed by atoms with Gasteiger partial charge in [0, 0.05) is 19.1 Å². The Balaban J connectivity index is 2.19. The molecule has 0 bridgehead atoms. The zero-order valence-corrected chi connectivity index (χ0v) is 17.4. The molecule has 0 unspecified atom stereocenters. The smallest absolute Gasteiger partial charge is 0.243 e. The summed E-state index contributed by atoms with van der Waals surface area (Å²) in [6.07, 6.45) is 3.40. The fourth-order valence-corrected chi connectivity index (χ4v) is 5.88. The van der Waals surface area contributed by atoms with Crippen molar-refractivity contribution in [2.45, 2.75) is 71.2 Å². The number of nitrogens with one attached hydrogen (secondary N) is 1. The number of nitrogens with zero attached hydrogens (tertiary/aromatic N) is 1. The van der Waals surface area contributed by atoms with Gasteiger partial charge in [0.1, 0.15) is 0 Å². The van der Waals surface area contributed by atoms with Crippen LogP contribution < -0.4 is 5.32 Å². The molecule has 1 fully saturated rings. The van der Waals surface area contributed by atoms with E-state index in [1.807, 2.05) is 39.8 Å². The molecule has 5 nitrogen and oxygen atoms in total. The van der Waals surface area contributed by atoms with Crippen molar-refractivity contribution in [1.82, 2.24) is 9.62 Å². The number of carbonyl (C=O) groups excluding carboxylic acids is 1. The minimum Gasteiger partial charge on any atom is -0.353 e. The second-order valence-corrected chi connectivity index (χ2v) is 9.50. The van der Waals surface area contributed by atoms with Crippen molar-refractivity contribution in [2.75, 3.05) is 13.1 Å². The number of carbonyl (C=O) groups is 1. The number of sulfonamides is 1. The molecule has 1 heterocycles. The van der Waals surface area contributed by atoms with E-state index in [1.54, 1.807) is 0 Å². The highest BCUT2D eigenvalue weighted by molar-refractivity contribution is 7.89. The van der Waals surface area contributed by atoms with Gasteiger partial charge < -0.3 is 5.32 Å². The number of rotatable bonds is 6. The minimum absolute atomic E-state index is 0.0248. The molecule has 0 saturated carbocycles. The highest BCUT2D eigenvalue weighted by Crippen LogP contribution is 2.29. The predicted molar refractivity (Wildman–Crippen MR) is 105 cm³/mol. The molecular weight excluding hydrogens is 348 g/mol. The van der Waals surface area contributed by atoms with E-state index in [0.717, 1.165) is 36.0 Å². The van der Waals surface area contributed by atoms with Gasteiger partial charge in [0.2, 0.25) is 15.9 Å². The van der Waals surface area contributed by atoms with Crippen LogP contribution in [0.3, 0.4) is 0 Å². The number of piperidine rings is 1. The molecule has 0 aliphatic carbocycles. The van der Waals surface area contributed by atoms with Crippen LogP contribution in [0.15, 0.2) is 17.0 Å². The molecule has 0 aromatic heterocycles. The summed E-state index contributed by atoms with van der Waals surface area (Å²) in [4.78, 5) is 12.9. The highest BCUT2D eigenvalue weighted by Gasteiger charge is 2.35. The number of aryl methyl sites for hydroxylation is 3. The molecule has 6 heteroatoms. The molecule has 1 aliphatic heterocycles. The zero-order valence-electron chi connectivity index (χ0n) is 16.6. The topological polar surface area (TPSA) is 66.5 Å². The van der Waals surface area contributed by atoms with E-state index in [2.05, 4.69) is 12.2 Å². The Hall–Kier alpha value is -1.40. The van der Waals surface area contributed by atoms with Crippen molar-refractivity contribution >= 4 is 15.9 Å². The monoisotopic (exact) mass is 380 g/mol. The second kappa shape index (κ2) is 8.53. The summed E-state index contributed by atoms with van der Waals surface area (Å²) < 4.78 is 28.0. The molecule has 0 spiro atoms. The molecule has 26 heavy (non-hydrogen) atoms. The van der Waals surface area contributed by atoms with E-state index >= 15 is 0 Å². The number of hydrogen-bond acceptors (Lipinski definition) is 3. The third-order valence-corrected chi connectivity index (χ3v) is 7.24. The molecular formula is C20H32N2O3S. The SMILES string of the molecule is CCC[C@H](C)NC(=O)[C@@H]1CCCN(S(=O)(=O)c2c(C)cc(C)cc2C)C1. The van der Waals surface area contributed by atoms with Crippen LogP contribution in [0, 0.1) is 26.7 Å². The Morgan fingerprint density at radius 3 is 2.46 bits per heavy atom. The Labute approximate surface area is 158 Å². The molecule has 1 N–H and O–H groups in total. The van der Waals surface area contributed by atoms with E-state index < -0.39 is 10.0 Å². The summed E-state index contributed by atoms with van der Waals surface area (Å²) in [6.45, 7) is 10.5. The van der Waals surface area contributed by atoms with Crippen LogP contribution in [-0.2, 0) is 14.8 Å². The summed E-state index contributed by atoms with van der Waals surface area (Å²) in [5.74, 6) is -0.299. The molecule has 1 amide bonds. The van der Waals surface area contributed by atoms with Crippen molar-refractivity contribution in [3.05, 3.63) is 28.8 Å². The average molecular weight is 381 g/mol. The molecule has 0 radical (unpaired) electrons. The van der Waals surface area contributed by atoms with Crippen molar-refractivity contribution in [3.8, 4) is 0 Å². The van der Waals surface area contributed by atoms with Gasteiger partial charge in [-0.05, 0) is 58.1 Å². The summed E-state index contributed by atoms with van der Waals surface area (Å²) in [6, 6.07) is 3.93. The van der Waals surface area contributed by atoms with Crippen molar-refractivity contribution in [3.63, 3.8) is 0 Å². The van der Waals surface area contributed by atoms with E-state index in [0.29, 0.717) is 17.9 Å². The quantitative estimate of drug-likeness (QED) is 0.823. The van der Waals surface area contributed by atoms with Gasteiger partial charge in [0.15, 0.2) is 0 Å². The van der Waals surface area contributed by atoms with E-state index in [9.17, 15) is 13.2 Å². The van der Waals surface area contributed by atoms with Gasteiger partial charge in [0.25, 0.3) is 0 Å². The molecule has 2 atom stereocenters. The zero-order chi connectivity index (χ0) is 19.5. The normalized spacial score (nSPS) is 20.0. The van der Waals surface area contributed by atoms with E-state index in [-0.39, 0.29) is 24.4 Å². The lowest BCUT2D eigenvalue weighted by Gasteiger charge is -2.32. The van der Waals surface area contributed by atoms with Gasteiger partial charge in [0.05, 0.1) is 10.8 Å². The molecule has 1 saturated heterocycles. The Morgan fingerprint density at radius 1 is 1.27 bits per heavy atom. The lowest BCUT2D eigenvalue weighted by Crippen LogP contribution is -2.47. The summed E-state index contributed by atoms with van der Waals surface area (Å²) >= 11 is 0. The van der Waals surface area contributed by atoms with Gasteiger partial charge in [-0.2, -0.15) is 4.31 Å². The fourth-order valence-electron chi connectivity index (χ4n) is 3.94. The maximum Gasteiger partial charge on any atom is 0.243 e. The second-order valence-electron chi connectivity index (χ2n) is 7.63. The first-order valence-corrected chi connectivity index (χ1v) is 11.0. The third-order valence-electron chi connectivity index (χ3n) is 5.07. The third kappa shape index (κ3) is 4.65. The summed E-state index contributed by atoms with van der Waals surface area (Å²) in [7, 11) is -3.59. The maximum atomic E-state index is 13.2. The van der Waals surface area contributed by atoms with Crippen LogP contribution in [0.5, 0.6) is 0 Å². The molecule has 1 aliphatic rings. The van der Waals surface area contributed by atoms with Crippen LogP contribution in [-0.4, -0.2) is 37.8 Å². The van der Waals surface area contributed by atoms with Gasteiger partial charge in [-0.15, -0.1) is 0 Å². The first-order valence-electron chi connectivity index (χ1n) is 9.55. The molecule has 146 valence electrons. The Morgan fingerprint density at radius 2 is 1.88 bits per heavy atom. The highest BCUT2D eigenvalue weighted by atomic mass is 32.2. The summed E-state index contributed by atoms with van der Waals surface area (Å²) in [5, 5.41) is 3.03. The predicted octanol–water partition coefficient (Wildman–Crippen LogP) is 3.32. The van der Waals surface area contributed by atoms with Crippen molar-refractivity contribution in [1.29, 1.82) is 0 Å². The fraction of sp³-hybridized carbons (Fsp3) is 0.650. The van der Waals surface area contributed by atoms with E-state index in [4.69, 9.17) is 0 Å². The van der Waals surface area contributed by atoms with Crippen LogP contribution in [0.25, 0.3) is 0 Å². The maximum absolute atomic E-state index is 13.2. The molecule has 1 aromatic rings. The van der Waals surface area contributed by atoms with Gasteiger partial charge in [-0.1, -0.05) is 31.0 Å². The van der Waals surface area contributed by atoms with Crippen molar-refractivity contribution in [2.24, 2.45) is 5.92 Å². The number of amides is 1. The average Bonchev–Trinajstić information content (AvgIpc) is 2.53. The Kier molecular flexibility index (Phi) is 6.86. The van der Waals surface area contributed by atoms with Gasteiger partial charge in [-0.25, -0.2) is 8.42 Å². The van der Waals surface area contributed by atoms with Crippen LogP contribution in [0.4, 0.5) is 0 Å². The first kappa shape index (κ1) is 20.9.